The van der Waals surface area contributed by atoms with Crippen molar-refractivity contribution in [3.8, 4) is 11.8 Å². The first-order chi connectivity index (χ1) is 18.2. The van der Waals surface area contributed by atoms with Crippen molar-refractivity contribution in [3.05, 3.63) is 54.1 Å². The van der Waals surface area contributed by atoms with Gasteiger partial charge in [0.15, 0.2) is 5.82 Å². The van der Waals surface area contributed by atoms with E-state index in [1.807, 2.05) is 6.07 Å². The Hall–Kier alpha value is -4.71. The van der Waals surface area contributed by atoms with Gasteiger partial charge in [0.2, 0.25) is 5.60 Å². The lowest BCUT2D eigenvalue weighted by Gasteiger charge is -2.24. The van der Waals surface area contributed by atoms with E-state index >= 15 is 0 Å². The molecule has 5 rings (SSSR count). The first-order valence-electron chi connectivity index (χ1n) is 11.2. The number of aromatic nitrogens is 4. The number of benzene rings is 1. The predicted molar refractivity (Wildman–Crippen MR) is 128 cm³/mol. The summed E-state index contributed by atoms with van der Waals surface area (Å²) in [6.07, 6.45) is -3.07. The number of fused-ring (bicyclic) bond motifs is 2. The molecule has 1 saturated heterocycles. The molecule has 1 aromatic carbocycles. The number of nitriles is 1. The fraction of sp³-hybridized carbons (Fsp3) is 0.292. The summed E-state index contributed by atoms with van der Waals surface area (Å²) in [6, 6.07) is 9.70. The van der Waals surface area contributed by atoms with Gasteiger partial charge in [0.05, 0.1) is 31.0 Å². The molecule has 0 unspecified atom stereocenters. The van der Waals surface area contributed by atoms with Crippen molar-refractivity contribution < 1.29 is 38.7 Å². The lowest BCUT2D eigenvalue weighted by molar-refractivity contribution is -0.0657. The third kappa shape index (κ3) is 3.68. The van der Waals surface area contributed by atoms with Gasteiger partial charge in [0.25, 0.3) is 0 Å². The Morgan fingerprint density at radius 2 is 2.03 bits per heavy atom. The van der Waals surface area contributed by atoms with Crippen molar-refractivity contribution in [1.29, 1.82) is 5.26 Å². The summed E-state index contributed by atoms with van der Waals surface area (Å²) >= 11 is 0. The minimum absolute atomic E-state index is 0.107. The average Bonchev–Trinajstić information content (AvgIpc) is 3.61. The number of nitrogen functional groups attached to an aromatic ring is 1. The van der Waals surface area contributed by atoms with Crippen molar-refractivity contribution in [1.82, 2.24) is 19.2 Å². The molecule has 0 amide bonds. The van der Waals surface area contributed by atoms with Crippen molar-refractivity contribution in [2.45, 2.75) is 23.9 Å². The number of hydrogen-bond donors (Lipinski definition) is 3. The number of nitrogens with two attached hydrogens (primary N) is 1. The molecule has 1 aliphatic rings. The Labute approximate surface area is 214 Å². The van der Waals surface area contributed by atoms with Gasteiger partial charge in [0, 0.05) is 17.6 Å². The molecule has 196 valence electrons. The van der Waals surface area contributed by atoms with E-state index < -0.39 is 42.6 Å². The van der Waals surface area contributed by atoms with E-state index in [0.29, 0.717) is 22.2 Å². The van der Waals surface area contributed by atoms with E-state index in [0.717, 1.165) is 4.57 Å². The fourth-order valence-electron chi connectivity index (χ4n) is 4.53. The van der Waals surface area contributed by atoms with E-state index in [-0.39, 0.29) is 17.1 Å². The van der Waals surface area contributed by atoms with Gasteiger partial charge in [-0.1, -0.05) is 0 Å². The normalized spacial score (nSPS) is 22.9. The van der Waals surface area contributed by atoms with E-state index in [1.54, 1.807) is 24.3 Å². The van der Waals surface area contributed by atoms with Gasteiger partial charge in [-0.3, -0.25) is 4.57 Å². The molecule has 4 heterocycles. The predicted octanol–water partition coefficient (Wildman–Crippen LogP) is 0.586. The summed E-state index contributed by atoms with van der Waals surface area (Å²) in [4.78, 5) is 29.2. The molecule has 4 N–H and O–H groups in total. The highest BCUT2D eigenvalue weighted by molar-refractivity contribution is 6.07. The number of ether oxygens (including phenoxy) is 4. The Morgan fingerprint density at radius 3 is 2.74 bits per heavy atom. The molecule has 38 heavy (non-hydrogen) atoms. The zero-order valence-corrected chi connectivity index (χ0v) is 20.1. The summed E-state index contributed by atoms with van der Waals surface area (Å²) in [6.45, 7) is -0.530. The number of hydrogen-bond acceptors (Lipinski definition) is 12. The van der Waals surface area contributed by atoms with Gasteiger partial charge < -0.3 is 34.9 Å². The van der Waals surface area contributed by atoms with Crippen LogP contribution in [0.25, 0.3) is 16.4 Å². The molecule has 1 aliphatic heterocycles. The standard InChI is InChI=1S/C24H22N6O8/c1-35-12-3-4-13-14(22(33)36-2)8-29(16(13)7-12)23(34)37-9-17-19(31)20(32)24(10-25,38-17)18-6-5-15-21(26)27-11-28-30(15)18/h3-8,11,17,19-20,31-32H,9H2,1-2H3,(H2,26,27,28)/t17-,19-,20-,24+/m1/s1. The number of esters is 1. The molecular weight excluding hydrogens is 500 g/mol. The minimum atomic E-state index is -2.05. The highest BCUT2D eigenvalue weighted by atomic mass is 16.6. The number of nitrogens with zero attached hydrogens (tertiary/aromatic N) is 5. The van der Waals surface area contributed by atoms with Crippen LogP contribution >= 0.6 is 0 Å². The molecule has 4 aromatic rings. The van der Waals surface area contributed by atoms with Gasteiger partial charge in [0.1, 0.15) is 48.6 Å². The summed E-state index contributed by atoms with van der Waals surface area (Å²) in [5.74, 6) is -0.0896. The number of carbonyl (C=O) groups is 2. The minimum Gasteiger partial charge on any atom is -0.497 e. The zero-order valence-electron chi connectivity index (χ0n) is 20.1. The van der Waals surface area contributed by atoms with Gasteiger partial charge in [-0.15, -0.1) is 0 Å². The van der Waals surface area contributed by atoms with E-state index in [9.17, 15) is 25.1 Å². The highest BCUT2D eigenvalue weighted by Gasteiger charge is 2.57. The molecular formula is C24H22N6O8. The van der Waals surface area contributed by atoms with Gasteiger partial charge in [-0.25, -0.2) is 19.1 Å². The SMILES string of the molecule is COC(=O)c1cn(C(=O)OC[C@H]2O[C@@](C#N)(c3ccc4c(N)ncnn34)[C@H](O)[C@@H]2O)c2cc(OC)ccc12. The van der Waals surface area contributed by atoms with Crippen molar-refractivity contribution in [2.75, 3.05) is 26.6 Å². The maximum Gasteiger partial charge on any atom is 0.418 e. The topological polar surface area (TPSA) is 196 Å². The molecule has 1 fully saturated rings. The van der Waals surface area contributed by atoms with Crippen molar-refractivity contribution in [3.63, 3.8) is 0 Å². The number of aliphatic hydroxyl groups is 2. The smallest absolute Gasteiger partial charge is 0.418 e. The molecule has 3 aromatic heterocycles. The highest BCUT2D eigenvalue weighted by Crippen LogP contribution is 2.40. The third-order valence-electron chi connectivity index (χ3n) is 6.47. The molecule has 0 spiro atoms. The second kappa shape index (κ2) is 9.30. The third-order valence-corrected chi connectivity index (χ3v) is 6.47. The van der Waals surface area contributed by atoms with Crippen molar-refractivity contribution >= 4 is 34.3 Å². The van der Waals surface area contributed by atoms with Crippen LogP contribution < -0.4 is 10.5 Å². The zero-order chi connectivity index (χ0) is 27.2. The number of rotatable bonds is 5. The van der Waals surface area contributed by atoms with Crippen LogP contribution in [0.3, 0.4) is 0 Å². The summed E-state index contributed by atoms with van der Waals surface area (Å²) in [5.41, 5.74) is 4.73. The first-order valence-corrected chi connectivity index (χ1v) is 11.2. The lowest BCUT2D eigenvalue weighted by atomic mass is 9.92. The van der Waals surface area contributed by atoms with Gasteiger partial charge in [-0.05, 0) is 24.3 Å². The number of methoxy groups -OCH3 is 2. The van der Waals surface area contributed by atoms with Crippen LogP contribution in [0.2, 0.25) is 0 Å². The number of carbonyl (C=O) groups excluding carboxylic acids is 2. The quantitative estimate of drug-likeness (QED) is 0.309. The first kappa shape index (κ1) is 25.0. The summed E-state index contributed by atoms with van der Waals surface area (Å²) in [5, 5.41) is 36.1. The van der Waals surface area contributed by atoms with Gasteiger partial charge in [-0.2, -0.15) is 10.4 Å². The number of anilines is 1. The molecule has 14 heteroatoms. The Morgan fingerprint density at radius 1 is 1.24 bits per heavy atom. The van der Waals surface area contributed by atoms with E-state index in [1.165, 1.54) is 37.3 Å². The molecule has 4 atom stereocenters. The van der Waals surface area contributed by atoms with Crippen LogP contribution in [0.4, 0.5) is 10.6 Å². The second-order valence-corrected chi connectivity index (χ2v) is 8.46. The summed E-state index contributed by atoms with van der Waals surface area (Å²) < 4.78 is 23.6. The van der Waals surface area contributed by atoms with E-state index in [2.05, 4.69) is 10.1 Å². The van der Waals surface area contributed by atoms with Crippen LogP contribution in [0.1, 0.15) is 16.1 Å². The Balaban J connectivity index is 1.42. The van der Waals surface area contributed by atoms with Crippen LogP contribution in [0.15, 0.2) is 42.9 Å². The van der Waals surface area contributed by atoms with Crippen LogP contribution in [-0.2, 0) is 19.8 Å². The molecule has 0 saturated carbocycles. The Kier molecular flexibility index (Phi) is 6.11. The van der Waals surface area contributed by atoms with Crippen LogP contribution in [0.5, 0.6) is 5.75 Å². The molecule has 14 nitrogen and oxygen atoms in total. The fourth-order valence-corrected chi connectivity index (χ4v) is 4.53. The summed E-state index contributed by atoms with van der Waals surface area (Å²) in [7, 11) is 2.67. The Bertz CT molecular complexity index is 1610. The maximum absolute atomic E-state index is 13.0. The van der Waals surface area contributed by atoms with Crippen LogP contribution in [-0.4, -0.2) is 80.6 Å². The number of aliphatic hydroxyl groups excluding tert-OH is 2. The average molecular weight is 522 g/mol. The molecule has 0 radical (unpaired) electrons. The maximum atomic E-state index is 13.0. The largest absolute Gasteiger partial charge is 0.497 e. The molecule has 0 bridgehead atoms. The van der Waals surface area contributed by atoms with Gasteiger partial charge >= 0.3 is 12.1 Å². The van der Waals surface area contributed by atoms with Crippen molar-refractivity contribution in [2.24, 2.45) is 0 Å². The van der Waals surface area contributed by atoms with E-state index in [4.69, 9.17) is 24.7 Å². The molecule has 0 aliphatic carbocycles. The lowest BCUT2D eigenvalue weighted by Crippen LogP contribution is -2.41. The van der Waals surface area contributed by atoms with Crippen LogP contribution in [0, 0.1) is 11.3 Å². The monoisotopic (exact) mass is 522 g/mol. The second-order valence-electron chi connectivity index (χ2n) is 8.46.